The number of benzene rings is 2. The first-order chi connectivity index (χ1) is 14.3. The maximum Gasteiger partial charge on any atom is 0.197 e. The number of rotatable bonds is 15. The van der Waals surface area contributed by atoms with Crippen LogP contribution in [-0.2, 0) is 12.8 Å². The highest BCUT2D eigenvalue weighted by Crippen LogP contribution is 2.31. The van der Waals surface area contributed by atoms with Crippen LogP contribution in [-0.4, -0.2) is 40.4 Å². The zero-order valence-electron chi connectivity index (χ0n) is 18.6. The van der Waals surface area contributed by atoms with E-state index in [9.17, 15) is 4.39 Å². The van der Waals surface area contributed by atoms with E-state index in [1.165, 1.54) is 39.0 Å². The molecule has 0 saturated heterocycles. The summed E-state index contributed by atoms with van der Waals surface area (Å²) in [5.41, 5.74) is 2.04. The van der Waals surface area contributed by atoms with Crippen LogP contribution in [0.15, 0.2) is 42.5 Å². The van der Waals surface area contributed by atoms with Crippen molar-refractivity contribution >= 4 is 24.8 Å². The number of halogens is 3. The lowest BCUT2D eigenvalue weighted by Crippen LogP contribution is -2.20. The van der Waals surface area contributed by atoms with E-state index >= 15 is 0 Å². The maximum atomic E-state index is 14.4. The van der Waals surface area contributed by atoms with Gasteiger partial charge < -0.3 is 20.1 Å². The Morgan fingerprint density at radius 3 is 1.90 bits per heavy atom. The second-order valence-corrected chi connectivity index (χ2v) is 7.17. The molecule has 0 bridgehead atoms. The van der Waals surface area contributed by atoms with Crippen molar-refractivity contribution in [3.63, 3.8) is 0 Å². The minimum Gasteiger partial charge on any atom is -0.493 e. The van der Waals surface area contributed by atoms with Crippen molar-refractivity contribution < 1.29 is 13.9 Å². The Hall–Kier alpha value is -1.53. The molecule has 31 heavy (non-hydrogen) atoms. The van der Waals surface area contributed by atoms with Crippen LogP contribution < -0.4 is 20.1 Å². The Labute approximate surface area is 199 Å². The van der Waals surface area contributed by atoms with E-state index in [1.54, 1.807) is 12.1 Å². The molecule has 176 valence electrons. The first-order valence-electron chi connectivity index (χ1n) is 10.6. The molecule has 2 aromatic rings. The topological polar surface area (TPSA) is 42.5 Å². The fourth-order valence-corrected chi connectivity index (χ4v) is 3.33. The van der Waals surface area contributed by atoms with E-state index in [1.807, 2.05) is 0 Å². The molecule has 2 rings (SSSR count). The molecule has 0 saturated carbocycles. The van der Waals surface area contributed by atoms with Gasteiger partial charge in [0.1, 0.15) is 0 Å². The minimum atomic E-state index is -0.326. The first-order valence-corrected chi connectivity index (χ1v) is 10.6. The third-order valence-electron chi connectivity index (χ3n) is 5.03. The lowest BCUT2D eigenvalue weighted by atomic mass is 10.1. The monoisotopic (exact) mass is 474 g/mol. The summed E-state index contributed by atoms with van der Waals surface area (Å²) < 4.78 is 24.6. The predicted molar refractivity (Wildman–Crippen MR) is 132 cm³/mol. The van der Waals surface area contributed by atoms with Gasteiger partial charge in [-0.15, -0.1) is 24.8 Å². The van der Waals surface area contributed by atoms with Gasteiger partial charge in [-0.1, -0.05) is 49.2 Å². The standard InChI is InChI=1S/C24H35FN2O2.2ClH/c1-28-22-13-12-21(23(25)24(22)29-2)15-19-27-17-9-4-3-8-16-26-18-14-20-10-6-5-7-11-20;;/h5-7,10-13,26-27H,3-4,8-9,14-19H2,1-2H3;2*1H. The van der Waals surface area contributed by atoms with E-state index in [0.717, 1.165) is 39.0 Å². The van der Waals surface area contributed by atoms with Gasteiger partial charge in [-0.25, -0.2) is 4.39 Å². The van der Waals surface area contributed by atoms with Crippen LogP contribution in [0.3, 0.4) is 0 Å². The Bertz CT molecular complexity index is 705. The summed E-state index contributed by atoms with van der Waals surface area (Å²) in [4.78, 5) is 0. The van der Waals surface area contributed by atoms with Crippen LogP contribution in [0.5, 0.6) is 11.5 Å². The van der Waals surface area contributed by atoms with Crippen LogP contribution in [0, 0.1) is 5.82 Å². The van der Waals surface area contributed by atoms with Crippen LogP contribution in [0.4, 0.5) is 4.39 Å². The number of ether oxygens (including phenoxy) is 2. The van der Waals surface area contributed by atoms with E-state index in [4.69, 9.17) is 9.47 Å². The van der Waals surface area contributed by atoms with E-state index < -0.39 is 0 Å². The van der Waals surface area contributed by atoms with Crippen LogP contribution in [0.2, 0.25) is 0 Å². The summed E-state index contributed by atoms with van der Waals surface area (Å²) in [6.07, 6.45) is 6.55. The van der Waals surface area contributed by atoms with E-state index in [2.05, 4.69) is 41.0 Å². The van der Waals surface area contributed by atoms with Crippen molar-refractivity contribution in [2.45, 2.75) is 38.5 Å². The second kappa shape index (κ2) is 18.1. The van der Waals surface area contributed by atoms with Gasteiger partial charge in [-0.05, 0) is 69.1 Å². The van der Waals surface area contributed by atoms with Crippen molar-refractivity contribution in [2.75, 3.05) is 40.4 Å². The zero-order valence-corrected chi connectivity index (χ0v) is 20.3. The van der Waals surface area contributed by atoms with Gasteiger partial charge in [0.2, 0.25) is 0 Å². The highest BCUT2D eigenvalue weighted by molar-refractivity contribution is 5.85. The molecule has 0 radical (unpaired) electrons. The molecule has 2 aromatic carbocycles. The molecule has 0 aliphatic heterocycles. The van der Waals surface area contributed by atoms with Crippen molar-refractivity contribution in [3.8, 4) is 11.5 Å². The summed E-state index contributed by atoms with van der Waals surface area (Å²) in [5.74, 6) is 0.284. The van der Waals surface area contributed by atoms with Gasteiger partial charge in [0, 0.05) is 0 Å². The van der Waals surface area contributed by atoms with Gasteiger partial charge in [-0.3, -0.25) is 0 Å². The normalized spacial score (nSPS) is 10.2. The third-order valence-corrected chi connectivity index (χ3v) is 5.03. The van der Waals surface area contributed by atoms with Crippen LogP contribution in [0.25, 0.3) is 0 Å². The van der Waals surface area contributed by atoms with Crippen molar-refractivity contribution in [1.29, 1.82) is 0 Å². The fraction of sp³-hybridized carbons (Fsp3) is 0.500. The molecule has 0 unspecified atom stereocenters. The average Bonchev–Trinajstić information content (AvgIpc) is 2.75. The van der Waals surface area contributed by atoms with Gasteiger partial charge in [0.15, 0.2) is 17.3 Å². The van der Waals surface area contributed by atoms with Crippen molar-refractivity contribution in [1.82, 2.24) is 10.6 Å². The van der Waals surface area contributed by atoms with Gasteiger partial charge >= 0.3 is 0 Å². The molecular formula is C24H37Cl2FN2O2. The molecule has 0 aromatic heterocycles. The number of hydrogen-bond acceptors (Lipinski definition) is 4. The molecule has 0 aliphatic carbocycles. The predicted octanol–water partition coefficient (Wildman–Crippen LogP) is 5.21. The van der Waals surface area contributed by atoms with Crippen LogP contribution in [0.1, 0.15) is 36.8 Å². The third kappa shape index (κ3) is 11.1. The van der Waals surface area contributed by atoms with Gasteiger partial charge in [0.25, 0.3) is 0 Å². The fourth-order valence-electron chi connectivity index (χ4n) is 3.33. The number of methoxy groups -OCH3 is 2. The molecule has 7 heteroatoms. The lowest BCUT2D eigenvalue weighted by Gasteiger charge is -2.12. The molecule has 0 aliphatic rings. The summed E-state index contributed by atoms with van der Waals surface area (Å²) in [6, 6.07) is 14.1. The minimum absolute atomic E-state index is 0. The number of unbranched alkanes of at least 4 members (excludes halogenated alkanes) is 3. The maximum absolute atomic E-state index is 14.4. The smallest absolute Gasteiger partial charge is 0.197 e. The Morgan fingerprint density at radius 2 is 1.32 bits per heavy atom. The number of nitrogens with one attached hydrogen (secondary N) is 2. The molecule has 0 amide bonds. The molecule has 0 heterocycles. The average molecular weight is 475 g/mol. The quantitative estimate of drug-likeness (QED) is 0.347. The highest BCUT2D eigenvalue weighted by Gasteiger charge is 2.14. The van der Waals surface area contributed by atoms with Gasteiger partial charge in [0.05, 0.1) is 14.2 Å². The van der Waals surface area contributed by atoms with Crippen molar-refractivity contribution in [3.05, 3.63) is 59.4 Å². The molecule has 2 N–H and O–H groups in total. The SMILES string of the molecule is COc1ccc(CCNCCCCCCNCCc2ccccc2)c(F)c1OC.Cl.Cl. The Morgan fingerprint density at radius 1 is 0.710 bits per heavy atom. The highest BCUT2D eigenvalue weighted by atomic mass is 35.5. The molecule has 4 nitrogen and oxygen atoms in total. The van der Waals surface area contributed by atoms with Gasteiger partial charge in [-0.2, -0.15) is 0 Å². The summed E-state index contributed by atoms with van der Waals surface area (Å²) in [5, 5.41) is 6.92. The number of hydrogen-bond donors (Lipinski definition) is 2. The molecule has 0 fully saturated rings. The Kier molecular flexibility index (Phi) is 17.2. The zero-order chi connectivity index (χ0) is 20.7. The first kappa shape index (κ1) is 29.5. The van der Waals surface area contributed by atoms with E-state index in [0.29, 0.717) is 17.7 Å². The summed E-state index contributed by atoms with van der Waals surface area (Å²) in [7, 11) is 2.97. The summed E-state index contributed by atoms with van der Waals surface area (Å²) >= 11 is 0. The lowest BCUT2D eigenvalue weighted by molar-refractivity contribution is 0.336. The van der Waals surface area contributed by atoms with Crippen molar-refractivity contribution in [2.24, 2.45) is 0 Å². The van der Waals surface area contributed by atoms with Crippen LogP contribution >= 0.6 is 24.8 Å². The largest absolute Gasteiger partial charge is 0.493 e. The molecule has 0 atom stereocenters. The summed E-state index contributed by atoms with van der Waals surface area (Å²) in [6.45, 7) is 3.85. The Balaban J connectivity index is 0.00000450. The molecular weight excluding hydrogens is 438 g/mol. The second-order valence-electron chi connectivity index (χ2n) is 7.17. The molecule has 0 spiro atoms. The van der Waals surface area contributed by atoms with E-state index in [-0.39, 0.29) is 36.4 Å².